The quantitative estimate of drug-likeness (QED) is 0.705. The van der Waals surface area contributed by atoms with Gasteiger partial charge >= 0.3 is 0 Å². The second kappa shape index (κ2) is 6.52. The van der Waals surface area contributed by atoms with Crippen molar-refractivity contribution < 1.29 is 13.6 Å². The number of imidazole rings is 1. The SMILES string of the molecule is Cc1cn2cc(NC(=O)c3sc(N4C[C@H]5CC[C@@H](C4)N5)cc3F)cc(F)c2n1. The number of piperazine rings is 1. The van der Waals surface area contributed by atoms with Crippen LogP contribution in [0.15, 0.2) is 24.5 Å². The first-order valence-electron chi connectivity index (χ1n) is 9.23. The number of aromatic nitrogens is 2. The summed E-state index contributed by atoms with van der Waals surface area (Å²) < 4.78 is 30.2. The number of nitrogens with one attached hydrogen (secondary N) is 2. The van der Waals surface area contributed by atoms with Gasteiger partial charge in [0.2, 0.25) is 0 Å². The van der Waals surface area contributed by atoms with Gasteiger partial charge in [0.1, 0.15) is 10.7 Å². The van der Waals surface area contributed by atoms with Gasteiger partial charge in [0.15, 0.2) is 11.5 Å². The summed E-state index contributed by atoms with van der Waals surface area (Å²) in [7, 11) is 0. The maximum Gasteiger partial charge on any atom is 0.268 e. The molecule has 28 heavy (non-hydrogen) atoms. The van der Waals surface area contributed by atoms with Gasteiger partial charge in [-0.25, -0.2) is 13.8 Å². The molecule has 3 aromatic heterocycles. The highest BCUT2D eigenvalue weighted by Crippen LogP contribution is 2.33. The van der Waals surface area contributed by atoms with Crippen molar-refractivity contribution >= 4 is 33.6 Å². The van der Waals surface area contributed by atoms with Crippen molar-refractivity contribution in [3.05, 3.63) is 46.7 Å². The molecular formula is C19H19F2N5OS. The highest BCUT2D eigenvalue weighted by Gasteiger charge is 2.33. The van der Waals surface area contributed by atoms with Crippen molar-refractivity contribution in [2.75, 3.05) is 23.3 Å². The first kappa shape index (κ1) is 17.6. The Kier molecular flexibility index (Phi) is 4.09. The van der Waals surface area contributed by atoms with Gasteiger partial charge < -0.3 is 19.9 Å². The Hall–Kier alpha value is -2.52. The van der Waals surface area contributed by atoms with Crippen LogP contribution in [0.25, 0.3) is 5.65 Å². The minimum Gasteiger partial charge on any atom is -0.360 e. The molecule has 2 bridgehead atoms. The minimum atomic E-state index is -0.581. The van der Waals surface area contributed by atoms with Gasteiger partial charge in [0.25, 0.3) is 5.91 Å². The van der Waals surface area contributed by atoms with E-state index < -0.39 is 17.5 Å². The molecule has 5 heterocycles. The van der Waals surface area contributed by atoms with E-state index in [2.05, 4.69) is 20.5 Å². The number of halogens is 2. The number of aryl methyl sites for hydroxylation is 1. The lowest BCUT2D eigenvalue weighted by molar-refractivity contribution is 0.102. The lowest BCUT2D eigenvalue weighted by atomic mass is 10.2. The monoisotopic (exact) mass is 403 g/mol. The van der Waals surface area contributed by atoms with Gasteiger partial charge in [0, 0.05) is 49.7 Å². The third-order valence-corrected chi connectivity index (χ3v) is 6.46. The Morgan fingerprint density at radius 1 is 1.21 bits per heavy atom. The van der Waals surface area contributed by atoms with Crippen LogP contribution in [0.1, 0.15) is 28.2 Å². The first-order valence-corrected chi connectivity index (χ1v) is 10.0. The molecule has 9 heteroatoms. The fraction of sp³-hybridized carbons (Fsp3) is 0.368. The van der Waals surface area contributed by atoms with Crippen LogP contribution < -0.4 is 15.5 Å². The van der Waals surface area contributed by atoms with Crippen molar-refractivity contribution in [3.8, 4) is 0 Å². The number of carbonyl (C=O) groups is 1. The highest BCUT2D eigenvalue weighted by molar-refractivity contribution is 7.18. The Labute approximate surface area is 164 Å². The molecule has 6 nitrogen and oxygen atoms in total. The number of nitrogens with zero attached hydrogens (tertiary/aromatic N) is 3. The number of anilines is 2. The molecule has 5 rings (SSSR count). The Morgan fingerprint density at radius 2 is 1.96 bits per heavy atom. The average Bonchev–Trinajstić information content (AvgIpc) is 3.31. The number of hydrogen-bond acceptors (Lipinski definition) is 5. The molecule has 0 aromatic carbocycles. The van der Waals surface area contributed by atoms with E-state index >= 15 is 0 Å². The third-order valence-electron chi connectivity index (χ3n) is 5.29. The zero-order chi connectivity index (χ0) is 19.4. The molecule has 0 unspecified atom stereocenters. The van der Waals surface area contributed by atoms with Crippen molar-refractivity contribution in [1.29, 1.82) is 0 Å². The number of fused-ring (bicyclic) bond motifs is 3. The standard InChI is InChI=1S/C19H19F2N5OS/c1-10-6-26-9-13(4-15(21)18(26)22-10)24-19(27)17-14(20)5-16(28-17)25-7-11-2-3-12(8-25)23-11/h4-6,9,11-12,23H,2-3,7-8H2,1H3,(H,24,27)/t11-,12+. The number of rotatable bonds is 3. The van der Waals surface area contributed by atoms with Crippen LogP contribution >= 0.6 is 11.3 Å². The predicted molar refractivity (Wildman–Crippen MR) is 104 cm³/mol. The minimum absolute atomic E-state index is 0.00296. The number of pyridine rings is 1. The van der Waals surface area contributed by atoms with Crippen molar-refractivity contribution in [1.82, 2.24) is 14.7 Å². The van der Waals surface area contributed by atoms with Gasteiger partial charge in [0.05, 0.1) is 16.4 Å². The fourth-order valence-corrected chi connectivity index (χ4v) is 5.03. The van der Waals surface area contributed by atoms with Crippen molar-refractivity contribution in [2.45, 2.75) is 31.8 Å². The summed E-state index contributed by atoms with van der Waals surface area (Å²) in [5.74, 6) is -1.68. The van der Waals surface area contributed by atoms with E-state index in [1.807, 2.05) is 0 Å². The Balaban J connectivity index is 1.38. The zero-order valence-corrected chi connectivity index (χ0v) is 16.0. The summed E-state index contributed by atoms with van der Waals surface area (Å²) in [6, 6.07) is 3.47. The van der Waals surface area contributed by atoms with E-state index in [0.29, 0.717) is 17.8 Å². The predicted octanol–water partition coefficient (Wildman–Crippen LogP) is 3.18. The smallest absolute Gasteiger partial charge is 0.268 e. The Bertz CT molecular complexity index is 1070. The average molecular weight is 403 g/mol. The molecule has 2 saturated heterocycles. The van der Waals surface area contributed by atoms with Crippen LogP contribution in [0.5, 0.6) is 0 Å². The molecule has 1 amide bonds. The lowest BCUT2D eigenvalue weighted by Crippen LogP contribution is -2.51. The van der Waals surface area contributed by atoms with Gasteiger partial charge in [-0.15, -0.1) is 11.3 Å². The number of thiophene rings is 1. The third kappa shape index (κ3) is 3.04. The Morgan fingerprint density at radius 3 is 2.71 bits per heavy atom. The van der Waals surface area contributed by atoms with E-state index in [9.17, 15) is 13.6 Å². The van der Waals surface area contributed by atoms with Gasteiger partial charge in [-0.1, -0.05) is 0 Å². The summed E-state index contributed by atoms with van der Waals surface area (Å²) in [6.45, 7) is 3.40. The van der Waals surface area contributed by atoms with Crippen molar-refractivity contribution in [2.24, 2.45) is 0 Å². The summed E-state index contributed by atoms with van der Waals surface area (Å²) >= 11 is 1.14. The van der Waals surface area contributed by atoms with E-state index in [-0.39, 0.29) is 16.2 Å². The van der Waals surface area contributed by atoms with Gasteiger partial charge in [-0.2, -0.15) is 0 Å². The van der Waals surface area contributed by atoms with Crippen LogP contribution in [0.2, 0.25) is 0 Å². The summed E-state index contributed by atoms with van der Waals surface area (Å²) in [6.07, 6.45) is 5.49. The second-order valence-corrected chi connectivity index (χ2v) is 8.48. The van der Waals surface area contributed by atoms with Gasteiger partial charge in [-0.05, 0) is 19.8 Å². The first-order chi connectivity index (χ1) is 13.5. The highest BCUT2D eigenvalue weighted by atomic mass is 32.1. The van der Waals surface area contributed by atoms with Crippen LogP contribution in [0.4, 0.5) is 19.5 Å². The van der Waals surface area contributed by atoms with E-state index in [0.717, 1.165) is 42.3 Å². The summed E-state index contributed by atoms with van der Waals surface area (Å²) in [4.78, 5) is 18.8. The van der Waals surface area contributed by atoms with Crippen LogP contribution in [-0.4, -0.2) is 40.5 Å². The fourth-order valence-electron chi connectivity index (χ4n) is 4.08. The molecule has 3 aromatic rings. The molecule has 146 valence electrons. The molecule has 0 saturated carbocycles. The molecular weight excluding hydrogens is 384 g/mol. The van der Waals surface area contributed by atoms with Crippen molar-refractivity contribution in [3.63, 3.8) is 0 Å². The van der Waals surface area contributed by atoms with Gasteiger partial charge in [-0.3, -0.25) is 4.79 Å². The topological polar surface area (TPSA) is 61.7 Å². The van der Waals surface area contributed by atoms with E-state index in [1.165, 1.54) is 16.5 Å². The number of hydrogen-bond donors (Lipinski definition) is 2. The van der Waals surface area contributed by atoms with Crippen LogP contribution in [0, 0.1) is 18.6 Å². The molecule has 2 aliphatic heterocycles. The summed E-state index contributed by atoms with van der Waals surface area (Å²) in [5.41, 5.74) is 1.11. The molecule has 0 spiro atoms. The van der Waals surface area contributed by atoms with E-state index in [1.54, 1.807) is 19.3 Å². The molecule has 0 radical (unpaired) electrons. The molecule has 0 aliphatic carbocycles. The maximum atomic E-state index is 14.5. The number of amides is 1. The number of carbonyl (C=O) groups excluding carboxylic acids is 1. The second-order valence-electron chi connectivity index (χ2n) is 7.45. The van der Waals surface area contributed by atoms with Crippen LogP contribution in [-0.2, 0) is 0 Å². The lowest BCUT2D eigenvalue weighted by Gasteiger charge is -2.33. The zero-order valence-electron chi connectivity index (χ0n) is 15.2. The van der Waals surface area contributed by atoms with E-state index in [4.69, 9.17) is 0 Å². The molecule has 2 atom stereocenters. The normalized spacial score (nSPS) is 21.5. The summed E-state index contributed by atoms with van der Waals surface area (Å²) in [5, 5.41) is 6.89. The molecule has 2 fully saturated rings. The molecule has 2 aliphatic rings. The molecule has 2 N–H and O–H groups in total. The largest absolute Gasteiger partial charge is 0.360 e. The maximum absolute atomic E-state index is 14.5. The van der Waals surface area contributed by atoms with Crippen LogP contribution in [0.3, 0.4) is 0 Å².